The summed E-state index contributed by atoms with van der Waals surface area (Å²) >= 11 is 0. The van der Waals surface area contributed by atoms with Crippen molar-refractivity contribution >= 4 is 29.8 Å². The van der Waals surface area contributed by atoms with Crippen molar-refractivity contribution in [3.63, 3.8) is 0 Å². The van der Waals surface area contributed by atoms with Gasteiger partial charge in [-0.15, -0.1) is 0 Å². The second-order valence-corrected chi connectivity index (χ2v) is 32.0. The summed E-state index contributed by atoms with van der Waals surface area (Å²) in [6, 6.07) is 77.2. The van der Waals surface area contributed by atoms with Gasteiger partial charge in [-0.3, -0.25) is 0 Å². The first-order valence-corrected chi connectivity index (χ1v) is 43.9. The van der Waals surface area contributed by atoms with Gasteiger partial charge in [-0.2, -0.15) is 0 Å². The van der Waals surface area contributed by atoms with E-state index in [0.29, 0.717) is 16.7 Å². The average Bonchev–Trinajstić information content (AvgIpc) is 0.762. The number of methoxy groups -OCH3 is 3. The van der Waals surface area contributed by atoms with Crippen LogP contribution in [0.15, 0.2) is 288 Å². The van der Waals surface area contributed by atoms with E-state index in [1.54, 1.807) is 105 Å². The zero-order valence-corrected chi connectivity index (χ0v) is 74.5. The molecule has 9 aromatic carbocycles. The number of hydrogen-bond donors (Lipinski definition) is 1. The number of nitrogens with zero attached hydrogens (tertiary/aromatic N) is 9. The topological polar surface area (TPSA) is 436 Å². The van der Waals surface area contributed by atoms with E-state index in [2.05, 4.69) is 30.1 Å². The van der Waals surface area contributed by atoms with Gasteiger partial charge in [0.05, 0.1) is 101 Å². The molecule has 5 aliphatic rings. The van der Waals surface area contributed by atoms with Gasteiger partial charge < -0.3 is 99.8 Å². The molecule has 10 unspecified atom stereocenters. The van der Waals surface area contributed by atoms with Crippen LogP contribution >= 0.6 is 0 Å². The molecule has 35 heteroatoms. The molecule has 5 heterocycles. The molecule has 5 saturated heterocycles. The van der Waals surface area contributed by atoms with E-state index >= 15 is 0 Å². The second kappa shape index (κ2) is 50.6. The molecule has 0 radical (unpaired) electrons. The van der Waals surface area contributed by atoms with Crippen LogP contribution in [0, 0.1) is 5.92 Å². The Hall–Kier alpha value is -12.4. The van der Waals surface area contributed by atoms with Crippen molar-refractivity contribution in [1.29, 1.82) is 0 Å². The van der Waals surface area contributed by atoms with Gasteiger partial charge in [-0.1, -0.05) is 266 Å². The Morgan fingerprint density at radius 1 is 0.336 bits per heavy atom. The number of aliphatic hydroxyl groups excluding tert-OH is 1. The molecular formula is C99H107N9O26. The lowest BCUT2D eigenvalue weighted by atomic mass is 9.87. The zero-order valence-electron chi connectivity index (χ0n) is 74.5. The molecule has 5 aliphatic heterocycles. The minimum atomic E-state index is -1.78. The molecule has 0 saturated carbocycles. The average molecular weight is 1840 g/mol. The van der Waals surface area contributed by atoms with Crippen LogP contribution in [0.2, 0.25) is 0 Å². The van der Waals surface area contributed by atoms with E-state index in [4.69, 9.17) is 100 Å². The maximum Gasteiger partial charge on any atom is 0.338 e. The van der Waals surface area contributed by atoms with E-state index in [1.807, 2.05) is 189 Å². The van der Waals surface area contributed by atoms with Gasteiger partial charge >= 0.3 is 29.8 Å². The molecule has 134 heavy (non-hydrogen) atoms. The van der Waals surface area contributed by atoms with Crippen LogP contribution in [-0.4, -0.2) is 217 Å². The second-order valence-electron chi connectivity index (χ2n) is 32.0. The molecule has 35 nitrogen and oxygen atoms in total. The highest BCUT2D eigenvalue weighted by atomic mass is 16.8. The van der Waals surface area contributed by atoms with Crippen molar-refractivity contribution in [2.24, 2.45) is 21.3 Å². The third kappa shape index (κ3) is 26.4. The Balaban J connectivity index is 0.000000428. The Bertz CT molecular complexity index is 5290. The molecule has 0 spiro atoms. The first-order chi connectivity index (χ1) is 65.5. The molecule has 1 N–H and O–H groups in total. The number of azide groups is 3. The summed E-state index contributed by atoms with van der Waals surface area (Å²) < 4.78 is 128. The van der Waals surface area contributed by atoms with Crippen molar-refractivity contribution in [2.45, 2.75) is 214 Å². The number of carbonyl (C=O) groups excluding carboxylic acids is 5. The van der Waals surface area contributed by atoms with Crippen molar-refractivity contribution in [2.75, 3.05) is 34.5 Å². The summed E-state index contributed by atoms with van der Waals surface area (Å²) in [6.45, 7) is 4.49. The summed E-state index contributed by atoms with van der Waals surface area (Å²) in [5.74, 6) is -4.61. The number of carbonyl (C=O) groups is 5. The largest absolute Gasteiger partial charge is 0.467 e. The van der Waals surface area contributed by atoms with Gasteiger partial charge in [0.25, 0.3) is 0 Å². The van der Waals surface area contributed by atoms with Crippen LogP contribution in [-0.2, 0) is 144 Å². The summed E-state index contributed by atoms with van der Waals surface area (Å²) in [7, 11) is 3.75. The van der Waals surface area contributed by atoms with E-state index < -0.39 is 189 Å². The first-order valence-electron chi connectivity index (χ1n) is 43.9. The first kappa shape index (κ1) is 99.1. The monoisotopic (exact) mass is 1840 g/mol. The summed E-state index contributed by atoms with van der Waals surface area (Å²) in [4.78, 5) is 78.4. The number of benzene rings is 9. The normalized spacial score (nSPS) is 28.2. The Kier molecular flexibility index (Phi) is 37.5. The van der Waals surface area contributed by atoms with Gasteiger partial charge in [-0.05, 0) is 106 Å². The molecule has 0 aromatic heterocycles. The maximum absolute atomic E-state index is 14.9. The van der Waals surface area contributed by atoms with Crippen LogP contribution in [0.5, 0.6) is 0 Å². The lowest BCUT2D eigenvalue weighted by Gasteiger charge is -2.51. The van der Waals surface area contributed by atoms with Crippen LogP contribution in [0.25, 0.3) is 31.3 Å². The lowest BCUT2D eigenvalue weighted by Crippen LogP contribution is -2.67. The Morgan fingerprint density at radius 2 is 0.657 bits per heavy atom. The van der Waals surface area contributed by atoms with Gasteiger partial charge in [0.2, 0.25) is 0 Å². The molecule has 0 aliphatic carbocycles. The number of ether oxygens (including phenoxy) is 20. The molecule has 5 fully saturated rings. The molecule has 0 amide bonds. The third-order valence-corrected chi connectivity index (χ3v) is 23.2. The van der Waals surface area contributed by atoms with Gasteiger partial charge in [0.15, 0.2) is 43.5 Å². The zero-order chi connectivity index (χ0) is 94.1. The van der Waals surface area contributed by atoms with Crippen LogP contribution < -0.4 is 0 Å². The van der Waals surface area contributed by atoms with Gasteiger partial charge in [0, 0.05) is 21.8 Å². The van der Waals surface area contributed by atoms with Crippen molar-refractivity contribution in [1.82, 2.24) is 0 Å². The fourth-order valence-electron chi connectivity index (χ4n) is 16.3. The third-order valence-electron chi connectivity index (χ3n) is 23.2. The van der Waals surface area contributed by atoms with Crippen LogP contribution in [0.1, 0.15) is 91.6 Å². The van der Waals surface area contributed by atoms with E-state index in [9.17, 15) is 40.1 Å². The van der Waals surface area contributed by atoms with Crippen molar-refractivity contribution in [3.8, 4) is 0 Å². The minimum Gasteiger partial charge on any atom is -0.467 e. The highest BCUT2D eigenvalue weighted by Crippen LogP contribution is 2.43. The predicted octanol–water partition coefficient (Wildman–Crippen LogP) is 14.7. The van der Waals surface area contributed by atoms with Gasteiger partial charge in [-0.25, -0.2) is 24.0 Å². The molecule has 9 aromatic rings. The fourth-order valence-corrected chi connectivity index (χ4v) is 16.3. The highest BCUT2D eigenvalue weighted by molar-refractivity contribution is 5.90. The Labute approximate surface area is 774 Å². The smallest absolute Gasteiger partial charge is 0.338 e. The summed E-state index contributed by atoms with van der Waals surface area (Å²) in [6.07, 6.45) is -26.8. The quantitative estimate of drug-likeness (QED) is 0.0123. The number of esters is 5. The number of rotatable bonds is 39. The molecule has 704 valence electrons. The molecular weight excluding hydrogens is 1730 g/mol. The van der Waals surface area contributed by atoms with E-state index in [0.717, 1.165) is 22.3 Å². The molecule has 0 bridgehead atoms. The van der Waals surface area contributed by atoms with Gasteiger partial charge in [0.1, 0.15) is 86.3 Å². The fraction of sp³-hybridized carbons (Fsp3) is 0.404. The lowest BCUT2D eigenvalue weighted by molar-refractivity contribution is -0.372. The SMILES string of the molecule is CCC1O[C@@H](O[C@H]2C(C(=O)OC)O[C@H](C)C(OC(=O)c3ccccc3)[C@@H]2OCc2ccccc2)[C@@H](N=[N+]=[N-])C(C)[C@@H]1O[C@@H]1OC(C(=O)OC)[C@@H](O[C@H]2OC(COC(=O)c3ccccc3)[C@H](OCc3ccccc3)[C@@H](OCc3ccccc3)C2N=[N+]=[N-])[C@@H](OCc2ccccc2)C1OCc1ccccc1.CO[C@H]1OC(COC(=O)c2ccccc2)[C@@H](O)[C@@H](OCc2ccccc2)C1N=[N+]=[N-]. The number of aliphatic hydroxyl groups is 1. The standard InChI is InChI=1S/C78H84N6O20.C21H23N3O6/c1-6-57-61(48(2)59(81-83-79)76(98-57)102-67-65(93-44-52-32-18-9-19-33-52)62(49(3)97-69(67)74(87)89-4)100-73(86)56-40-26-13-27-41-56)101-78-71(95-46-54-36-22-11-23-37-54)66(94-45-53-34-20-10-21-35-53)68(70(104-78)75(88)90-5)103-77-60(82-84-80)64(92-43-51-30-16-8-17-31-51)63(91-42-50-28-14-7-15-29-50)58(99-77)47-96-72(85)55-38-24-12-25-39-55;1-27-21-17(23-24-22)19(28-12-14-8-4-2-5-9-14)18(25)16(30-21)13-29-20(26)15-10-6-3-7-11-15/h7-41,48-49,57-71,76-78H,6,42-47H2,1-5H3;2-11,16-19,21,25H,12-13H2,1H3/t48?,49-,57?,58?,59+,60?,61+,62?,63+,64+,65+,66-,67-,68+,69?,70?,71?,76+,77-,78-;16?,17?,18-,19+,21+/m11/s1. The van der Waals surface area contributed by atoms with E-state index in [-0.39, 0.29) is 63.8 Å². The predicted molar refractivity (Wildman–Crippen MR) is 478 cm³/mol. The van der Waals surface area contributed by atoms with Crippen LogP contribution in [0.3, 0.4) is 0 Å². The summed E-state index contributed by atoms with van der Waals surface area (Å²) in [5.41, 5.74) is 35.5. The van der Waals surface area contributed by atoms with Crippen molar-refractivity contribution in [3.05, 3.63) is 354 Å². The Morgan fingerprint density at radius 3 is 1.06 bits per heavy atom. The highest BCUT2D eigenvalue weighted by Gasteiger charge is 2.60. The van der Waals surface area contributed by atoms with E-state index in [1.165, 1.54) is 21.3 Å². The summed E-state index contributed by atoms with van der Waals surface area (Å²) in [5, 5.41) is 23.1. The molecule has 25 atom stereocenters. The number of hydrogen-bond acceptors (Lipinski definition) is 29. The van der Waals surface area contributed by atoms with Crippen molar-refractivity contribution < 1.29 is 124 Å². The minimum absolute atomic E-state index is 0.0144. The van der Waals surface area contributed by atoms with Crippen LogP contribution in [0.4, 0.5) is 0 Å². The molecule has 14 rings (SSSR count). The maximum atomic E-state index is 14.9.